The molecule has 2 nitrogen and oxygen atoms in total. The van der Waals surface area contributed by atoms with Gasteiger partial charge in [-0.25, -0.2) is 0 Å². The van der Waals surface area contributed by atoms with Gasteiger partial charge in [-0.3, -0.25) is 0 Å². The highest BCUT2D eigenvalue weighted by Crippen LogP contribution is 2.27. The lowest BCUT2D eigenvalue weighted by Crippen LogP contribution is -2.21. The second-order valence-electron chi connectivity index (χ2n) is 7.65. The molecule has 2 rings (SSSR count). The molecule has 0 aromatic heterocycles. The summed E-state index contributed by atoms with van der Waals surface area (Å²) in [5, 5.41) is 3.56. The third kappa shape index (κ3) is 5.95. The fraction of sp³-hybridized carbons (Fsp3) is 0.565. The first-order valence-electron chi connectivity index (χ1n) is 9.97. The van der Waals surface area contributed by atoms with Gasteiger partial charge in [0.15, 0.2) is 0 Å². The first kappa shape index (κ1) is 19.6. The minimum absolute atomic E-state index is 0.528. The minimum atomic E-state index is 0.528. The van der Waals surface area contributed by atoms with Crippen LogP contribution in [0.25, 0.3) is 0 Å². The SMILES string of the molecule is C=C(NCC=C1CCC1)C(CCCC)CCc1c(C)cc(C)cc1N. The van der Waals surface area contributed by atoms with E-state index in [0.717, 1.165) is 25.1 Å². The molecule has 0 amide bonds. The zero-order valence-corrected chi connectivity index (χ0v) is 16.5. The number of nitrogen functional groups attached to an aromatic ring is 1. The molecule has 1 aromatic rings. The van der Waals surface area contributed by atoms with Crippen molar-refractivity contribution in [3.05, 3.63) is 52.7 Å². The second kappa shape index (κ2) is 9.70. The maximum atomic E-state index is 6.27. The van der Waals surface area contributed by atoms with E-state index in [1.807, 2.05) is 0 Å². The Balaban J connectivity index is 1.93. The average Bonchev–Trinajstić information content (AvgIpc) is 2.51. The molecule has 0 radical (unpaired) electrons. The molecule has 2 heteroatoms. The number of unbranched alkanes of at least 4 members (excludes halogenated alkanes) is 1. The molecule has 1 fully saturated rings. The lowest BCUT2D eigenvalue weighted by atomic mass is 9.89. The number of hydrogen-bond donors (Lipinski definition) is 2. The summed E-state index contributed by atoms with van der Waals surface area (Å²) in [5.74, 6) is 0.528. The van der Waals surface area contributed by atoms with Gasteiger partial charge in [0.1, 0.15) is 0 Å². The van der Waals surface area contributed by atoms with E-state index in [1.54, 1.807) is 5.57 Å². The molecule has 3 N–H and O–H groups in total. The number of benzene rings is 1. The summed E-state index contributed by atoms with van der Waals surface area (Å²) in [6, 6.07) is 4.34. The normalized spacial score (nSPS) is 14.8. The summed E-state index contributed by atoms with van der Waals surface area (Å²) >= 11 is 0. The van der Waals surface area contributed by atoms with Crippen molar-refractivity contribution in [2.75, 3.05) is 12.3 Å². The number of nitrogens with one attached hydrogen (secondary N) is 1. The van der Waals surface area contributed by atoms with E-state index in [1.165, 1.54) is 60.9 Å². The number of allylic oxidation sites excluding steroid dienone is 2. The molecule has 1 aliphatic rings. The van der Waals surface area contributed by atoms with Crippen molar-refractivity contribution in [3.8, 4) is 0 Å². The van der Waals surface area contributed by atoms with Crippen LogP contribution in [-0.2, 0) is 6.42 Å². The van der Waals surface area contributed by atoms with Crippen molar-refractivity contribution in [2.24, 2.45) is 5.92 Å². The monoisotopic (exact) mass is 340 g/mol. The number of nitrogens with two attached hydrogens (primary N) is 1. The molecule has 1 unspecified atom stereocenters. The van der Waals surface area contributed by atoms with Gasteiger partial charge in [0.05, 0.1) is 0 Å². The van der Waals surface area contributed by atoms with Crippen molar-refractivity contribution in [1.29, 1.82) is 0 Å². The van der Waals surface area contributed by atoms with Crippen LogP contribution in [0.15, 0.2) is 36.1 Å². The summed E-state index contributed by atoms with van der Waals surface area (Å²) in [4.78, 5) is 0. The van der Waals surface area contributed by atoms with E-state index in [-0.39, 0.29) is 0 Å². The predicted molar refractivity (Wildman–Crippen MR) is 111 cm³/mol. The summed E-state index contributed by atoms with van der Waals surface area (Å²) in [6.07, 6.45) is 12.2. The zero-order valence-electron chi connectivity index (χ0n) is 16.5. The van der Waals surface area contributed by atoms with Crippen LogP contribution in [0.3, 0.4) is 0 Å². The molecular weight excluding hydrogens is 304 g/mol. The predicted octanol–water partition coefficient (Wildman–Crippen LogP) is 5.84. The number of aryl methyl sites for hydroxylation is 2. The molecule has 0 bridgehead atoms. The molecule has 0 spiro atoms. The molecule has 1 aliphatic carbocycles. The van der Waals surface area contributed by atoms with E-state index in [2.05, 4.69) is 50.9 Å². The Morgan fingerprint density at radius 3 is 2.64 bits per heavy atom. The largest absolute Gasteiger partial charge is 0.398 e. The van der Waals surface area contributed by atoms with Crippen molar-refractivity contribution < 1.29 is 0 Å². The summed E-state index contributed by atoms with van der Waals surface area (Å²) < 4.78 is 0. The van der Waals surface area contributed by atoms with Gasteiger partial charge in [-0.05, 0) is 81.0 Å². The third-order valence-corrected chi connectivity index (χ3v) is 5.51. The van der Waals surface area contributed by atoms with Gasteiger partial charge < -0.3 is 11.1 Å². The zero-order chi connectivity index (χ0) is 18.2. The minimum Gasteiger partial charge on any atom is -0.398 e. The van der Waals surface area contributed by atoms with Gasteiger partial charge in [-0.2, -0.15) is 0 Å². The Hall–Kier alpha value is -1.70. The van der Waals surface area contributed by atoms with Crippen molar-refractivity contribution in [3.63, 3.8) is 0 Å². The van der Waals surface area contributed by atoms with Crippen molar-refractivity contribution in [2.45, 2.75) is 72.1 Å². The van der Waals surface area contributed by atoms with Gasteiger partial charge in [0.25, 0.3) is 0 Å². The Morgan fingerprint density at radius 2 is 2.04 bits per heavy atom. The van der Waals surface area contributed by atoms with E-state index in [9.17, 15) is 0 Å². The first-order valence-corrected chi connectivity index (χ1v) is 9.97. The van der Waals surface area contributed by atoms with Gasteiger partial charge in [-0.1, -0.05) is 44.1 Å². The highest BCUT2D eigenvalue weighted by molar-refractivity contribution is 5.53. The van der Waals surface area contributed by atoms with Crippen molar-refractivity contribution >= 4 is 5.69 Å². The smallest absolute Gasteiger partial charge is 0.0351 e. The van der Waals surface area contributed by atoms with Gasteiger partial charge in [-0.15, -0.1) is 0 Å². The molecule has 138 valence electrons. The van der Waals surface area contributed by atoms with E-state index >= 15 is 0 Å². The van der Waals surface area contributed by atoms with Crippen molar-refractivity contribution in [1.82, 2.24) is 5.32 Å². The summed E-state index contributed by atoms with van der Waals surface area (Å²) in [5.41, 5.74) is 13.9. The quantitative estimate of drug-likeness (QED) is 0.415. The highest BCUT2D eigenvalue weighted by Gasteiger charge is 2.15. The molecular formula is C23H36N2. The maximum Gasteiger partial charge on any atom is 0.0351 e. The van der Waals surface area contributed by atoms with Crippen LogP contribution < -0.4 is 11.1 Å². The van der Waals surface area contributed by atoms with Gasteiger partial charge in [0, 0.05) is 17.9 Å². The van der Waals surface area contributed by atoms with Crippen LogP contribution in [0.1, 0.15) is 68.6 Å². The fourth-order valence-corrected chi connectivity index (χ4v) is 3.69. The molecule has 1 saturated carbocycles. The topological polar surface area (TPSA) is 38.0 Å². The van der Waals surface area contributed by atoms with E-state index in [4.69, 9.17) is 5.73 Å². The molecule has 1 atom stereocenters. The van der Waals surface area contributed by atoms with Crippen LogP contribution in [0, 0.1) is 19.8 Å². The first-order chi connectivity index (χ1) is 12.0. The molecule has 25 heavy (non-hydrogen) atoms. The van der Waals surface area contributed by atoms with Crippen LogP contribution in [0.4, 0.5) is 5.69 Å². The lowest BCUT2D eigenvalue weighted by molar-refractivity contribution is 0.471. The third-order valence-electron chi connectivity index (χ3n) is 5.51. The molecule has 1 aromatic carbocycles. The molecule has 0 aliphatic heterocycles. The fourth-order valence-electron chi connectivity index (χ4n) is 3.69. The van der Waals surface area contributed by atoms with Crippen LogP contribution in [0.2, 0.25) is 0 Å². The molecule has 0 heterocycles. The standard InChI is InChI=1S/C23H36N2/c1-5-6-10-21(19(4)25-14-13-20-8-7-9-20)11-12-22-18(3)15-17(2)16-23(22)24/h13,15-16,21,25H,4-12,14,24H2,1-3H3. The maximum absolute atomic E-state index is 6.27. The second-order valence-corrected chi connectivity index (χ2v) is 7.65. The number of anilines is 1. The summed E-state index contributed by atoms with van der Waals surface area (Å²) in [7, 11) is 0. The van der Waals surface area contributed by atoms with Crippen LogP contribution in [0.5, 0.6) is 0 Å². The van der Waals surface area contributed by atoms with E-state index in [0.29, 0.717) is 5.92 Å². The Kier molecular flexibility index (Phi) is 7.61. The Morgan fingerprint density at radius 1 is 1.28 bits per heavy atom. The number of rotatable bonds is 10. The lowest BCUT2D eigenvalue weighted by Gasteiger charge is -2.22. The Bertz CT molecular complexity index is 584. The van der Waals surface area contributed by atoms with Gasteiger partial charge >= 0.3 is 0 Å². The molecule has 0 saturated heterocycles. The van der Waals surface area contributed by atoms with E-state index < -0.39 is 0 Å². The summed E-state index contributed by atoms with van der Waals surface area (Å²) in [6.45, 7) is 11.8. The van der Waals surface area contributed by atoms with Crippen LogP contribution >= 0.6 is 0 Å². The van der Waals surface area contributed by atoms with Gasteiger partial charge in [0.2, 0.25) is 0 Å². The highest BCUT2D eigenvalue weighted by atomic mass is 14.9. The average molecular weight is 341 g/mol. The Labute approximate surface area is 154 Å². The van der Waals surface area contributed by atoms with Crippen LogP contribution in [-0.4, -0.2) is 6.54 Å². The number of hydrogen-bond acceptors (Lipinski definition) is 2.